The summed E-state index contributed by atoms with van der Waals surface area (Å²) in [5.41, 5.74) is 0.570. The molecule has 30 heavy (non-hydrogen) atoms. The summed E-state index contributed by atoms with van der Waals surface area (Å²) in [5, 5.41) is 3.55. The third-order valence-electron chi connectivity index (χ3n) is 4.85. The van der Waals surface area contributed by atoms with Crippen molar-refractivity contribution in [2.45, 2.75) is 18.4 Å². The van der Waals surface area contributed by atoms with Gasteiger partial charge in [0.2, 0.25) is 0 Å². The van der Waals surface area contributed by atoms with Crippen LogP contribution in [-0.2, 0) is 9.53 Å². The summed E-state index contributed by atoms with van der Waals surface area (Å²) in [7, 11) is 1.27. The number of allylic oxidation sites excluding steroid dienone is 1. The van der Waals surface area contributed by atoms with Crippen molar-refractivity contribution in [2.24, 2.45) is 5.92 Å². The van der Waals surface area contributed by atoms with Gasteiger partial charge in [0.1, 0.15) is 5.82 Å². The molecule has 1 aliphatic carbocycles. The van der Waals surface area contributed by atoms with E-state index in [9.17, 15) is 14.0 Å². The lowest BCUT2D eigenvalue weighted by atomic mass is 9.85. The van der Waals surface area contributed by atoms with Crippen LogP contribution in [0.4, 0.5) is 4.39 Å². The Balaban J connectivity index is 1.78. The van der Waals surface area contributed by atoms with E-state index in [1.807, 2.05) is 0 Å². The van der Waals surface area contributed by atoms with Crippen LogP contribution in [0.1, 0.15) is 28.3 Å². The molecule has 3 atom stereocenters. The van der Waals surface area contributed by atoms with Gasteiger partial charge in [0.25, 0.3) is 5.91 Å². The molecule has 2 aromatic rings. The Bertz CT molecular complexity index is 1000. The van der Waals surface area contributed by atoms with E-state index in [0.29, 0.717) is 17.0 Å². The van der Waals surface area contributed by atoms with E-state index >= 15 is 0 Å². The van der Waals surface area contributed by atoms with E-state index in [4.69, 9.17) is 51.1 Å². The number of benzene rings is 2. The number of amides is 1. The van der Waals surface area contributed by atoms with Crippen LogP contribution in [0.5, 0.6) is 0 Å². The summed E-state index contributed by atoms with van der Waals surface area (Å²) < 4.78 is 18.4. The monoisotopic (exact) mass is 489 g/mol. The van der Waals surface area contributed by atoms with Crippen LogP contribution in [0.2, 0.25) is 20.1 Å². The zero-order valence-electron chi connectivity index (χ0n) is 15.6. The molecule has 4 nitrogen and oxygen atoms in total. The molecule has 2 aromatic carbocycles. The fourth-order valence-electron chi connectivity index (χ4n) is 3.49. The molecule has 0 saturated carbocycles. The summed E-state index contributed by atoms with van der Waals surface area (Å²) >= 11 is 24.3. The highest BCUT2D eigenvalue weighted by atomic mass is 35.5. The van der Waals surface area contributed by atoms with Gasteiger partial charge >= 0.3 is 5.97 Å². The van der Waals surface area contributed by atoms with Gasteiger partial charge < -0.3 is 10.1 Å². The summed E-state index contributed by atoms with van der Waals surface area (Å²) in [4.78, 5) is 25.1. The van der Waals surface area contributed by atoms with Crippen molar-refractivity contribution < 1.29 is 18.7 Å². The second-order valence-electron chi connectivity index (χ2n) is 6.78. The molecule has 158 valence electrons. The highest BCUT2D eigenvalue weighted by molar-refractivity contribution is 6.42. The molecule has 1 aliphatic rings. The molecule has 3 rings (SSSR count). The summed E-state index contributed by atoms with van der Waals surface area (Å²) in [6.45, 7) is 0. The van der Waals surface area contributed by atoms with Crippen molar-refractivity contribution in [1.82, 2.24) is 5.32 Å². The van der Waals surface area contributed by atoms with Crippen molar-refractivity contribution in [3.05, 3.63) is 79.5 Å². The maximum atomic E-state index is 13.4. The van der Waals surface area contributed by atoms with Crippen LogP contribution in [0, 0.1) is 11.7 Å². The van der Waals surface area contributed by atoms with Crippen LogP contribution in [0.15, 0.2) is 42.5 Å². The lowest BCUT2D eigenvalue weighted by Gasteiger charge is -2.23. The van der Waals surface area contributed by atoms with Crippen LogP contribution >= 0.6 is 46.4 Å². The van der Waals surface area contributed by atoms with Crippen LogP contribution in [0.25, 0.3) is 0 Å². The fourth-order valence-corrected chi connectivity index (χ4v) is 4.77. The van der Waals surface area contributed by atoms with Gasteiger partial charge in [0.15, 0.2) is 0 Å². The number of hydrogen-bond acceptors (Lipinski definition) is 3. The van der Waals surface area contributed by atoms with Crippen LogP contribution in [-0.4, -0.2) is 25.0 Å². The third kappa shape index (κ3) is 4.92. The Morgan fingerprint density at radius 3 is 2.33 bits per heavy atom. The molecule has 1 N–H and O–H groups in total. The fraction of sp³-hybridized carbons (Fsp3) is 0.238. The highest BCUT2D eigenvalue weighted by Crippen LogP contribution is 2.38. The van der Waals surface area contributed by atoms with E-state index in [0.717, 1.165) is 6.07 Å². The number of carbonyl (C=O) groups is 2. The first-order valence-corrected chi connectivity index (χ1v) is 10.4. The van der Waals surface area contributed by atoms with E-state index in [-0.39, 0.29) is 32.6 Å². The first-order chi connectivity index (χ1) is 14.2. The summed E-state index contributed by atoms with van der Waals surface area (Å²) in [6, 6.07) is 6.33. The molecule has 0 fully saturated rings. The molecule has 0 heterocycles. The van der Waals surface area contributed by atoms with E-state index in [1.54, 1.807) is 12.2 Å². The molecule has 0 saturated heterocycles. The molecular weight excluding hydrogens is 475 g/mol. The van der Waals surface area contributed by atoms with Crippen molar-refractivity contribution in [3.8, 4) is 0 Å². The van der Waals surface area contributed by atoms with Crippen molar-refractivity contribution in [2.75, 3.05) is 7.11 Å². The third-order valence-corrected chi connectivity index (χ3v) is 5.99. The number of hydrogen-bond donors (Lipinski definition) is 1. The quantitative estimate of drug-likeness (QED) is 0.408. The molecule has 0 aromatic heterocycles. The standard InChI is InChI=1S/C21H16Cl4FNO3/c1-30-21(29)18(14-5-3-12(26)9-15(14)23)10-2-4-13(6-10)27-20(28)19-16(24)7-11(22)8-17(19)25/h2-5,7-10,13,18H,6H2,1H3,(H,27,28)/t10-,13-,18+/m1/s1. The molecule has 9 heteroatoms. The second-order valence-corrected chi connectivity index (χ2v) is 8.43. The van der Waals surface area contributed by atoms with Gasteiger partial charge in [-0.2, -0.15) is 0 Å². The number of esters is 1. The molecule has 0 aliphatic heterocycles. The number of rotatable bonds is 5. The van der Waals surface area contributed by atoms with Gasteiger partial charge in [0, 0.05) is 16.1 Å². The maximum absolute atomic E-state index is 13.4. The number of halogens is 5. The second kappa shape index (κ2) is 9.56. The largest absolute Gasteiger partial charge is 0.469 e. The minimum Gasteiger partial charge on any atom is -0.469 e. The maximum Gasteiger partial charge on any atom is 0.313 e. The Labute approximate surface area is 192 Å². The molecular formula is C21H16Cl4FNO3. The molecule has 0 spiro atoms. The van der Waals surface area contributed by atoms with Gasteiger partial charge in [-0.05, 0) is 42.2 Å². The molecule has 0 bridgehead atoms. The first kappa shape index (κ1) is 22.9. The predicted molar refractivity (Wildman–Crippen MR) is 116 cm³/mol. The zero-order valence-corrected chi connectivity index (χ0v) is 18.6. The first-order valence-electron chi connectivity index (χ1n) is 8.87. The van der Waals surface area contributed by atoms with Crippen molar-refractivity contribution >= 4 is 58.3 Å². The average molecular weight is 491 g/mol. The molecule has 0 unspecified atom stereocenters. The van der Waals surface area contributed by atoms with Gasteiger partial charge in [-0.3, -0.25) is 9.59 Å². The van der Waals surface area contributed by atoms with Crippen molar-refractivity contribution in [1.29, 1.82) is 0 Å². The Morgan fingerprint density at radius 2 is 1.73 bits per heavy atom. The minimum absolute atomic E-state index is 0.116. The topological polar surface area (TPSA) is 55.4 Å². The van der Waals surface area contributed by atoms with Gasteiger partial charge in [0.05, 0.1) is 28.6 Å². The Morgan fingerprint density at radius 1 is 1.07 bits per heavy atom. The van der Waals surface area contributed by atoms with Crippen LogP contribution < -0.4 is 5.32 Å². The summed E-state index contributed by atoms with van der Waals surface area (Å²) in [5.74, 6) is -2.54. The van der Waals surface area contributed by atoms with E-state index in [2.05, 4.69) is 5.32 Å². The van der Waals surface area contributed by atoms with Gasteiger partial charge in [-0.15, -0.1) is 0 Å². The number of ether oxygens (including phenoxy) is 1. The number of methoxy groups -OCH3 is 1. The number of carbonyl (C=O) groups excluding carboxylic acids is 2. The Hall–Kier alpha value is -1.79. The highest BCUT2D eigenvalue weighted by Gasteiger charge is 2.35. The summed E-state index contributed by atoms with van der Waals surface area (Å²) in [6.07, 6.45) is 3.98. The molecule has 1 amide bonds. The van der Waals surface area contributed by atoms with Crippen molar-refractivity contribution in [3.63, 3.8) is 0 Å². The van der Waals surface area contributed by atoms with Gasteiger partial charge in [-0.25, -0.2) is 4.39 Å². The average Bonchev–Trinajstić information content (AvgIpc) is 3.10. The van der Waals surface area contributed by atoms with Crippen LogP contribution in [0.3, 0.4) is 0 Å². The SMILES string of the molecule is COC(=O)[C@H](c1ccc(F)cc1Cl)[C@@H]1C=C[C@@H](NC(=O)c2c(Cl)cc(Cl)cc2Cl)C1. The smallest absolute Gasteiger partial charge is 0.313 e. The lowest BCUT2D eigenvalue weighted by molar-refractivity contribution is -0.143. The lowest BCUT2D eigenvalue weighted by Crippen LogP contribution is -2.34. The Kier molecular flexibility index (Phi) is 7.30. The molecule has 0 radical (unpaired) electrons. The normalized spacial score (nSPS) is 18.9. The van der Waals surface area contributed by atoms with Gasteiger partial charge in [-0.1, -0.05) is 64.6 Å². The van der Waals surface area contributed by atoms with E-state index in [1.165, 1.54) is 31.4 Å². The number of nitrogens with one attached hydrogen (secondary N) is 1. The van der Waals surface area contributed by atoms with E-state index < -0.39 is 23.6 Å². The zero-order chi connectivity index (χ0) is 22.0. The predicted octanol–water partition coefficient (Wildman–Crippen LogP) is 6.07. The minimum atomic E-state index is -0.746.